The maximum atomic E-state index is 13.6. The topological polar surface area (TPSA) is 67.3 Å². The van der Waals surface area contributed by atoms with Crippen molar-refractivity contribution in [2.75, 3.05) is 25.0 Å². The Morgan fingerprint density at radius 3 is 2.85 bits per heavy atom. The lowest BCUT2D eigenvalue weighted by Crippen LogP contribution is -2.26. The molecule has 1 aromatic carbocycles. The molecule has 0 aliphatic carbocycles. The number of hydrogen-bond donors (Lipinski definition) is 1. The van der Waals surface area contributed by atoms with Crippen LogP contribution in [0.2, 0.25) is 0 Å². The fourth-order valence-electron chi connectivity index (χ4n) is 3.02. The summed E-state index contributed by atoms with van der Waals surface area (Å²) in [6.45, 7) is 4.62. The van der Waals surface area contributed by atoms with Crippen LogP contribution in [0.1, 0.15) is 24.6 Å². The van der Waals surface area contributed by atoms with Crippen molar-refractivity contribution in [2.45, 2.75) is 25.9 Å². The fraction of sp³-hybridized carbons (Fsp3) is 0.350. The van der Waals surface area contributed by atoms with Gasteiger partial charge in [0.1, 0.15) is 5.82 Å². The third kappa shape index (κ3) is 5.59. The van der Waals surface area contributed by atoms with E-state index in [2.05, 4.69) is 49.2 Å². The molecule has 0 amide bonds. The highest BCUT2D eigenvalue weighted by atomic mass is 19.1. The largest absolute Gasteiger partial charge is 0.461 e. The number of carbonyl (C=O) groups is 1. The Labute approximate surface area is 158 Å². The highest BCUT2D eigenvalue weighted by Gasteiger charge is 2.22. The van der Waals surface area contributed by atoms with Crippen molar-refractivity contribution in [3.63, 3.8) is 0 Å². The average molecular weight is 370 g/mol. The number of rotatable bonds is 7. The van der Waals surface area contributed by atoms with Crippen LogP contribution in [0.25, 0.3) is 6.08 Å². The first-order chi connectivity index (χ1) is 13.1. The van der Waals surface area contributed by atoms with E-state index in [1.807, 2.05) is 6.07 Å². The van der Waals surface area contributed by atoms with Crippen LogP contribution in [-0.4, -0.2) is 46.6 Å². The first kappa shape index (κ1) is 19.0. The summed E-state index contributed by atoms with van der Waals surface area (Å²) in [5, 5.41) is 3.36. The van der Waals surface area contributed by atoms with Crippen molar-refractivity contribution in [2.24, 2.45) is 0 Å². The third-order valence-corrected chi connectivity index (χ3v) is 4.29. The van der Waals surface area contributed by atoms with E-state index < -0.39 is 11.8 Å². The molecule has 0 unspecified atom stereocenters. The normalized spacial score (nSPS) is 17.7. The van der Waals surface area contributed by atoms with Gasteiger partial charge in [0.2, 0.25) is 5.83 Å². The minimum absolute atomic E-state index is 0.122. The van der Waals surface area contributed by atoms with Gasteiger partial charge in [-0.05, 0) is 18.9 Å². The molecule has 1 aromatic heterocycles. The molecule has 0 radical (unpaired) electrons. The minimum atomic E-state index is -0.994. The maximum Gasteiger partial charge on any atom is 0.367 e. The van der Waals surface area contributed by atoms with E-state index in [1.54, 1.807) is 13.1 Å². The van der Waals surface area contributed by atoms with Gasteiger partial charge in [-0.3, -0.25) is 9.88 Å². The standard InChI is InChI=1S/C20H23FN4O2/c1-2-27-20(26)18(21)10-17-11-23-19(12-22-17)24-16-8-9-25(14-16)13-15-6-4-3-5-7-15/h3-7,10-12,16H,2,8-9,13-14H2,1H3,(H,23,24)/t16-/m1/s1. The van der Waals surface area contributed by atoms with Crippen LogP contribution in [0.15, 0.2) is 48.6 Å². The number of benzene rings is 1. The summed E-state index contributed by atoms with van der Waals surface area (Å²) in [4.78, 5) is 22.1. The van der Waals surface area contributed by atoms with E-state index in [4.69, 9.17) is 0 Å². The Kier molecular flexibility index (Phi) is 6.49. The molecule has 1 saturated heterocycles. The summed E-state index contributed by atoms with van der Waals surface area (Å²) in [5.41, 5.74) is 1.57. The quantitative estimate of drug-likeness (QED) is 0.597. The molecule has 3 rings (SSSR count). The second-order valence-corrected chi connectivity index (χ2v) is 6.39. The summed E-state index contributed by atoms with van der Waals surface area (Å²) in [5.74, 6) is -1.35. The second kappa shape index (κ2) is 9.23. The van der Waals surface area contributed by atoms with Crippen molar-refractivity contribution >= 4 is 17.9 Å². The molecule has 1 fully saturated rings. The highest BCUT2D eigenvalue weighted by Crippen LogP contribution is 2.17. The Morgan fingerprint density at radius 2 is 2.15 bits per heavy atom. The van der Waals surface area contributed by atoms with Crippen LogP contribution >= 0.6 is 0 Å². The van der Waals surface area contributed by atoms with Crippen molar-refractivity contribution < 1.29 is 13.9 Å². The maximum absolute atomic E-state index is 13.6. The van der Waals surface area contributed by atoms with E-state index in [0.717, 1.165) is 32.1 Å². The number of anilines is 1. The van der Waals surface area contributed by atoms with Crippen molar-refractivity contribution in [1.29, 1.82) is 0 Å². The van der Waals surface area contributed by atoms with Crippen LogP contribution in [0, 0.1) is 0 Å². The summed E-state index contributed by atoms with van der Waals surface area (Å²) < 4.78 is 18.2. The number of hydrogen-bond acceptors (Lipinski definition) is 6. The van der Waals surface area contributed by atoms with E-state index in [0.29, 0.717) is 11.9 Å². The number of halogens is 1. The monoisotopic (exact) mass is 370 g/mol. The van der Waals surface area contributed by atoms with Gasteiger partial charge in [-0.1, -0.05) is 30.3 Å². The van der Waals surface area contributed by atoms with Gasteiger partial charge in [0.15, 0.2) is 0 Å². The molecular formula is C20H23FN4O2. The number of nitrogens with zero attached hydrogens (tertiary/aromatic N) is 3. The zero-order valence-electron chi connectivity index (χ0n) is 15.3. The number of likely N-dealkylation sites (tertiary alicyclic amines) is 1. The van der Waals surface area contributed by atoms with E-state index in [9.17, 15) is 9.18 Å². The van der Waals surface area contributed by atoms with Crippen LogP contribution in [-0.2, 0) is 16.1 Å². The second-order valence-electron chi connectivity index (χ2n) is 6.39. The lowest BCUT2D eigenvalue weighted by atomic mass is 10.2. The van der Waals surface area contributed by atoms with E-state index >= 15 is 0 Å². The van der Waals surface area contributed by atoms with Gasteiger partial charge in [-0.2, -0.15) is 4.39 Å². The SMILES string of the molecule is CCOC(=O)C(F)=Cc1cnc(N[C@@H]2CCN(Cc3ccccc3)C2)cn1. The first-order valence-electron chi connectivity index (χ1n) is 9.03. The number of nitrogens with one attached hydrogen (secondary N) is 1. The smallest absolute Gasteiger partial charge is 0.367 e. The van der Waals surface area contributed by atoms with Gasteiger partial charge in [-0.15, -0.1) is 0 Å². The Hall–Kier alpha value is -2.80. The summed E-state index contributed by atoms with van der Waals surface area (Å²) in [6.07, 6.45) is 5.02. The van der Waals surface area contributed by atoms with Crippen LogP contribution in [0.4, 0.5) is 10.2 Å². The lowest BCUT2D eigenvalue weighted by Gasteiger charge is -2.17. The fourth-order valence-corrected chi connectivity index (χ4v) is 3.02. The third-order valence-electron chi connectivity index (χ3n) is 4.29. The molecular weight excluding hydrogens is 347 g/mol. The number of esters is 1. The predicted molar refractivity (Wildman–Crippen MR) is 101 cm³/mol. The molecule has 1 atom stereocenters. The number of carbonyl (C=O) groups excluding carboxylic acids is 1. The van der Waals surface area contributed by atoms with Gasteiger partial charge < -0.3 is 10.1 Å². The molecule has 0 bridgehead atoms. The van der Waals surface area contributed by atoms with Gasteiger partial charge in [0, 0.05) is 31.8 Å². The first-order valence-corrected chi connectivity index (χ1v) is 9.03. The molecule has 27 heavy (non-hydrogen) atoms. The number of aromatic nitrogens is 2. The Balaban J connectivity index is 1.51. The van der Waals surface area contributed by atoms with E-state index in [-0.39, 0.29) is 12.3 Å². The predicted octanol–water partition coefficient (Wildman–Crippen LogP) is 3.04. The summed E-state index contributed by atoms with van der Waals surface area (Å²) in [7, 11) is 0. The Bertz CT molecular complexity index is 780. The zero-order valence-corrected chi connectivity index (χ0v) is 15.3. The molecule has 0 spiro atoms. The molecule has 7 heteroatoms. The van der Waals surface area contributed by atoms with Crippen LogP contribution < -0.4 is 5.32 Å². The van der Waals surface area contributed by atoms with Crippen LogP contribution in [0.5, 0.6) is 0 Å². The van der Waals surface area contributed by atoms with Gasteiger partial charge in [0.25, 0.3) is 0 Å². The van der Waals surface area contributed by atoms with Gasteiger partial charge >= 0.3 is 5.97 Å². The highest BCUT2D eigenvalue weighted by molar-refractivity contribution is 5.90. The van der Waals surface area contributed by atoms with Crippen LogP contribution in [0.3, 0.4) is 0 Å². The number of ether oxygens (including phenoxy) is 1. The minimum Gasteiger partial charge on any atom is -0.461 e. The summed E-state index contributed by atoms with van der Waals surface area (Å²) in [6, 6.07) is 10.7. The molecule has 2 heterocycles. The summed E-state index contributed by atoms with van der Waals surface area (Å²) >= 11 is 0. The molecule has 2 aromatic rings. The molecule has 1 aliphatic heterocycles. The van der Waals surface area contributed by atoms with Crippen molar-refractivity contribution in [3.05, 3.63) is 59.8 Å². The van der Waals surface area contributed by atoms with Crippen molar-refractivity contribution in [3.8, 4) is 0 Å². The molecule has 1 aliphatic rings. The van der Waals surface area contributed by atoms with E-state index in [1.165, 1.54) is 11.8 Å². The molecule has 6 nitrogen and oxygen atoms in total. The molecule has 1 N–H and O–H groups in total. The molecule has 0 saturated carbocycles. The van der Waals surface area contributed by atoms with Gasteiger partial charge in [0.05, 0.1) is 24.7 Å². The lowest BCUT2D eigenvalue weighted by molar-refractivity contribution is -0.140. The molecule has 142 valence electrons. The Morgan fingerprint density at radius 1 is 1.33 bits per heavy atom. The van der Waals surface area contributed by atoms with Gasteiger partial charge in [-0.25, -0.2) is 9.78 Å². The van der Waals surface area contributed by atoms with Crippen molar-refractivity contribution in [1.82, 2.24) is 14.9 Å². The zero-order chi connectivity index (χ0) is 19.1. The average Bonchev–Trinajstić information content (AvgIpc) is 3.11.